The van der Waals surface area contributed by atoms with Crippen LogP contribution in [0.5, 0.6) is 0 Å². The lowest BCUT2D eigenvalue weighted by Gasteiger charge is -2.24. The Morgan fingerprint density at radius 3 is 2.29 bits per heavy atom. The van der Waals surface area contributed by atoms with Crippen molar-refractivity contribution in [3.8, 4) is 0 Å². The predicted molar refractivity (Wildman–Crippen MR) is 73.2 cm³/mol. The fourth-order valence-electron chi connectivity index (χ4n) is 1.58. The Bertz CT molecular complexity index is 205. The van der Waals surface area contributed by atoms with Gasteiger partial charge < -0.3 is 15.1 Å². The molecule has 4 nitrogen and oxygen atoms in total. The van der Waals surface area contributed by atoms with E-state index in [0.29, 0.717) is 12.5 Å². The van der Waals surface area contributed by atoms with E-state index in [-0.39, 0.29) is 5.91 Å². The smallest absolute Gasteiger partial charge is 0.223 e. The van der Waals surface area contributed by atoms with Gasteiger partial charge in [0.05, 0.1) is 0 Å². The average Bonchev–Trinajstić information content (AvgIpc) is 2.23. The molecule has 0 atom stereocenters. The summed E-state index contributed by atoms with van der Waals surface area (Å²) in [6.07, 6.45) is 1.63. The Morgan fingerprint density at radius 2 is 1.82 bits per heavy atom. The lowest BCUT2D eigenvalue weighted by atomic mass is 10.3. The lowest BCUT2D eigenvalue weighted by molar-refractivity contribution is -0.131. The summed E-state index contributed by atoms with van der Waals surface area (Å²) in [5.41, 5.74) is 0. The van der Waals surface area contributed by atoms with Gasteiger partial charge in [-0.15, -0.1) is 0 Å². The third-order valence-electron chi connectivity index (χ3n) is 2.55. The van der Waals surface area contributed by atoms with E-state index in [1.807, 2.05) is 19.0 Å². The molecular formula is C13H29N3O. The number of nitrogens with one attached hydrogen (secondary N) is 1. The maximum atomic E-state index is 12.0. The SMILES string of the molecule is CCCN(CCN(C)C)C(=O)CCNC(C)C. The molecule has 1 N–H and O–H groups in total. The normalized spacial score (nSPS) is 11.2. The molecule has 4 heteroatoms. The van der Waals surface area contributed by atoms with Crippen LogP contribution >= 0.6 is 0 Å². The van der Waals surface area contributed by atoms with E-state index in [1.165, 1.54) is 0 Å². The summed E-state index contributed by atoms with van der Waals surface area (Å²) >= 11 is 0. The molecule has 0 aliphatic rings. The van der Waals surface area contributed by atoms with Gasteiger partial charge in [-0.1, -0.05) is 20.8 Å². The van der Waals surface area contributed by atoms with Crippen molar-refractivity contribution in [2.24, 2.45) is 0 Å². The first-order valence-electron chi connectivity index (χ1n) is 6.63. The van der Waals surface area contributed by atoms with Crippen molar-refractivity contribution in [2.45, 2.75) is 39.7 Å². The van der Waals surface area contributed by atoms with Crippen molar-refractivity contribution >= 4 is 5.91 Å². The molecule has 0 unspecified atom stereocenters. The predicted octanol–water partition coefficient (Wildman–Crippen LogP) is 1.17. The van der Waals surface area contributed by atoms with Crippen LogP contribution in [0.2, 0.25) is 0 Å². The van der Waals surface area contributed by atoms with Crippen LogP contribution in [0.1, 0.15) is 33.6 Å². The number of likely N-dealkylation sites (N-methyl/N-ethyl adjacent to an activating group) is 1. The van der Waals surface area contributed by atoms with Crippen molar-refractivity contribution in [1.82, 2.24) is 15.1 Å². The minimum atomic E-state index is 0.266. The third-order valence-corrected chi connectivity index (χ3v) is 2.55. The Morgan fingerprint density at radius 1 is 1.18 bits per heavy atom. The fourth-order valence-corrected chi connectivity index (χ4v) is 1.58. The molecule has 17 heavy (non-hydrogen) atoms. The summed E-state index contributed by atoms with van der Waals surface area (Å²) in [6.45, 7) is 9.72. The highest BCUT2D eigenvalue weighted by Crippen LogP contribution is 1.97. The van der Waals surface area contributed by atoms with Gasteiger partial charge in [-0.2, -0.15) is 0 Å². The van der Waals surface area contributed by atoms with Gasteiger partial charge in [0.25, 0.3) is 0 Å². The van der Waals surface area contributed by atoms with Crippen LogP contribution in [0.15, 0.2) is 0 Å². The van der Waals surface area contributed by atoms with Gasteiger partial charge >= 0.3 is 0 Å². The van der Waals surface area contributed by atoms with Crippen LogP contribution in [0, 0.1) is 0 Å². The molecule has 0 saturated carbocycles. The number of amides is 1. The number of carbonyl (C=O) groups excluding carboxylic acids is 1. The monoisotopic (exact) mass is 243 g/mol. The van der Waals surface area contributed by atoms with Crippen LogP contribution in [0.25, 0.3) is 0 Å². The molecule has 0 aromatic carbocycles. The first-order chi connectivity index (χ1) is 7.97. The molecule has 0 aromatic heterocycles. The molecule has 0 rings (SSSR count). The molecule has 0 fully saturated rings. The minimum Gasteiger partial charge on any atom is -0.341 e. The minimum absolute atomic E-state index is 0.266. The molecule has 0 aliphatic carbocycles. The number of rotatable bonds is 9. The van der Waals surface area contributed by atoms with Gasteiger partial charge in [0, 0.05) is 38.6 Å². The lowest BCUT2D eigenvalue weighted by Crippen LogP contribution is -2.39. The van der Waals surface area contributed by atoms with E-state index in [9.17, 15) is 4.79 Å². The first kappa shape index (κ1) is 16.4. The quantitative estimate of drug-likeness (QED) is 0.660. The van der Waals surface area contributed by atoms with Crippen LogP contribution < -0.4 is 5.32 Å². The van der Waals surface area contributed by atoms with Gasteiger partial charge in [-0.3, -0.25) is 4.79 Å². The summed E-state index contributed by atoms with van der Waals surface area (Å²) in [4.78, 5) is 16.1. The van der Waals surface area contributed by atoms with Crippen molar-refractivity contribution in [2.75, 3.05) is 40.3 Å². The summed E-state index contributed by atoms with van der Waals surface area (Å²) in [5, 5.41) is 3.28. The van der Waals surface area contributed by atoms with Crippen molar-refractivity contribution < 1.29 is 4.79 Å². The number of carbonyl (C=O) groups is 1. The fraction of sp³-hybridized carbons (Fsp3) is 0.923. The topological polar surface area (TPSA) is 35.6 Å². The van der Waals surface area contributed by atoms with E-state index < -0.39 is 0 Å². The second-order valence-electron chi connectivity index (χ2n) is 5.04. The second-order valence-corrected chi connectivity index (χ2v) is 5.04. The zero-order valence-electron chi connectivity index (χ0n) is 12.1. The van der Waals surface area contributed by atoms with Crippen molar-refractivity contribution in [1.29, 1.82) is 0 Å². The largest absolute Gasteiger partial charge is 0.341 e. The molecule has 0 saturated heterocycles. The molecular weight excluding hydrogens is 214 g/mol. The molecule has 102 valence electrons. The Balaban J connectivity index is 3.96. The highest BCUT2D eigenvalue weighted by molar-refractivity contribution is 5.76. The van der Waals surface area contributed by atoms with E-state index >= 15 is 0 Å². The first-order valence-corrected chi connectivity index (χ1v) is 6.63. The zero-order chi connectivity index (χ0) is 13.3. The summed E-state index contributed by atoms with van der Waals surface area (Å²) < 4.78 is 0. The molecule has 0 aliphatic heterocycles. The molecule has 0 radical (unpaired) electrons. The van der Waals surface area contributed by atoms with Crippen LogP contribution in [-0.2, 0) is 4.79 Å². The highest BCUT2D eigenvalue weighted by Gasteiger charge is 2.12. The maximum Gasteiger partial charge on any atom is 0.223 e. The number of nitrogens with zero attached hydrogens (tertiary/aromatic N) is 2. The summed E-state index contributed by atoms with van der Waals surface area (Å²) in [5.74, 6) is 0.266. The van der Waals surface area contributed by atoms with Gasteiger partial charge in [0.15, 0.2) is 0 Å². The van der Waals surface area contributed by atoms with E-state index in [2.05, 4.69) is 31.0 Å². The molecule has 0 aromatic rings. The standard InChI is InChI=1S/C13H29N3O/c1-6-9-16(11-10-15(4)5)13(17)7-8-14-12(2)3/h12,14H,6-11H2,1-5H3. The van der Waals surface area contributed by atoms with E-state index in [1.54, 1.807) is 0 Å². The molecule has 0 heterocycles. The maximum absolute atomic E-state index is 12.0. The van der Waals surface area contributed by atoms with Crippen molar-refractivity contribution in [3.63, 3.8) is 0 Å². The van der Waals surface area contributed by atoms with Gasteiger partial charge in [-0.05, 0) is 20.5 Å². The van der Waals surface area contributed by atoms with Gasteiger partial charge in [-0.25, -0.2) is 0 Å². The molecule has 0 bridgehead atoms. The summed E-state index contributed by atoms with van der Waals surface area (Å²) in [7, 11) is 4.07. The Labute approximate surface area is 106 Å². The number of hydrogen-bond donors (Lipinski definition) is 1. The van der Waals surface area contributed by atoms with E-state index in [4.69, 9.17) is 0 Å². The Hall–Kier alpha value is -0.610. The van der Waals surface area contributed by atoms with E-state index in [0.717, 1.165) is 32.6 Å². The number of hydrogen-bond acceptors (Lipinski definition) is 3. The second kappa shape index (κ2) is 9.42. The van der Waals surface area contributed by atoms with Crippen LogP contribution in [0.4, 0.5) is 0 Å². The molecule has 0 spiro atoms. The van der Waals surface area contributed by atoms with Crippen LogP contribution in [-0.4, -0.2) is 62.0 Å². The van der Waals surface area contributed by atoms with Crippen molar-refractivity contribution in [3.05, 3.63) is 0 Å². The molecule has 1 amide bonds. The average molecular weight is 243 g/mol. The zero-order valence-corrected chi connectivity index (χ0v) is 12.1. The Kier molecular flexibility index (Phi) is 9.09. The third kappa shape index (κ3) is 9.12. The van der Waals surface area contributed by atoms with Crippen LogP contribution in [0.3, 0.4) is 0 Å². The van der Waals surface area contributed by atoms with Gasteiger partial charge in [0.2, 0.25) is 5.91 Å². The summed E-state index contributed by atoms with van der Waals surface area (Å²) in [6, 6.07) is 0.448. The highest BCUT2D eigenvalue weighted by atomic mass is 16.2. The van der Waals surface area contributed by atoms with Gasteiger partial charge in [0.1, 0.15) is 0 Å².